The first-order chi connectivity index (χ1) is 7.86. The Hall–Kier alpha value is -0.870. The summed E-state index contributed by atoms with van der Waals surface area (Å²) in [4.78, 5) is 11.6. The van der Waals surface area contributed by atoms with Gasteiger partial charge in [0, 0.05) is 10.5 Å². The minimum atomic E-state index is -0.693. The number of hydrogen-bond donors (Lipinski definition) is 1. The molecule has 0 aromatic heterocycles. The fourth-order valence-electron chi connectivity index (χ4n) is 1.69. The normalized spacial score (nSPS) is 13.2. The van der Waals surface area contributed by atoms with Crippen LogP contribution in [-0.4, -0.2) is 18.6 Å². The predicted molar refractivity (Wildman–Crippen MR) is 71.8 cm³/mol. The molecule has 0 bridgehead atoms. The zero-order valence-electron chi connectivity index (χ0n) is 10.6. The maximum atomic E-state index is 11.6. The number of carbonyl (C=O) groups is 1. The van der Waals surface area contributed by atoms with E-state index in [0.29, 0.717) is 0 Å². The van der Waals surface area contributed by atoms with Crippen molar-refractivity contribution in [3.63, 3.8) is 0 Å². The van der Waals surface area contributed by atoms with Crippen molar-refractivity contribution in [3.8, 4) is 0 Å². The Bertz CT molecular complexity index is 387. The molecule has 0 amide bonds. The number of rotatable bonds is 4. The third-order valence-electron chi connectivity index (χ3n) is 2.64. The van der Waals surface area contributed by atoms with Crippen LogP contribution in [0.4, 0.5) is 0 Å². The summed E-state index contributed by atoms with van der Waals surface area (Å²) in [5.74, 6) is -0.263. The molecule has 0 spiro atoms. The zero-order valence-corrected chi connectivity index (χ0v) is 12.2. The number of halogens is 1. The largest absolute Gasteiger partial charge is 0.468 e. The zero-order chi connectivity index (χ0) is 13.1. The number of ether oxygens (including phenoxy) is 1. The number of carbonyl (C=O) groups excluding carboxylic acids is 1. The molecule has 17 heavy (non-hydrogen) atoms. The van der Waals surface area contributed by atoms with Gasteiger partial charge in [0.15, 0.2) is 0 Å². The van der Waals surface area contributed by atoms with Crippen molar-refractivity contribution in [1.82, 2.24) is 5.32 Å². The maximum absolute atomic E-state index is 11.6. The molecule has 0 radical (unpaired) electrons. The van der Waals surface area contributed by atoms with Crippen LogP contribution in [-0.2, 0) is 9.53 Å². The molecule has 4 heteroatoms. The Morgan fingerprint density at radius 3 is 2.35 bits per heavy atom. The van der Waals surface area contributed by atoms with Gasteiger partial charge in [0.2, 0.25) is 0 Å². The number of benzene rings is 1. The second kappa shape index (κ2) is 5.65. The standard InChI is InChI=1S/C13H18BrNO2/c1-9(10-5-7-11(14)8-6-10)15-13(2,3)12(16)17-4/h5-9,15H,1-4H3. The Labute approximate surface area is 111 Å². The summed E-state index contributed by atoms with van der Waals surface area (Å²) in [6, 6.07) is 8.10. The lowest BCUT2D eigenvalue weighted by molar-refractivity contribution is -0.147. The van der Waals surface area contributed by atoms with Crippen LogP contribution in [0.15, 0.2) is 28.7 Å². The number of methoxy groups -OCH3 is 1. The van der Waals surface area contributed by atoms with Gasteiger partial charge >= 0.3 is 5.97 Å². The van der Waals surface area contributed by atoms with Crippen molar-refractivity contribution < 1.29 is 9.53 Å². The van der Waals surface area contributed by atoms with Crippen molar-refractivity contribution in [3.05, 3.63) is 34.3 Å². The average molecular weight is 300 g/mol. The smallest absolute Gasteiger partial charge is 0.325 e. The Morgan fingerprint density at radius 1 is 1.35 bits per heavy atom. The van der Waals surface area contributed by atoms with Crippen LogP contribution in [0.3, 0.4) is 0 Å². The van der Waals surface area contributed by atoms with E-state index >= 15 is 0 Å². The third-order valence-corrected chi connectivity index (χ3v) is 3.17. The molecule has 1 unspecified atom stereocenters. The molecule has 1 N–H and O–H groups in total. The fraction of sp³-hybridized carbons (Fsp3) is 0.462. The predicted octanol–water partition coefficient (Wildman–Crippen LogP) is 3.05. The molecule has 1 atom stereocenters. The molecule has 0 aliphatic heterocycles. The molecule has 1 aromatic rings. The van der Waals surface area contributed by atoms with E-state index in [4.69, 9.17) is 4.74 Å². The van der Waals surface area contributed by atoms with E-state index in [1.807, 2.05) is 45.0 Å². The molecular weight excluding hydrogens is 282 g/mol. The lowest BCUT2D eigenvalue weighted by atomic mass is 10.0. The van der Waals surface area contributed by atoms with Crippen molar-refractivity contribution in [1.29, 1.82) is 0 Å². The van der Waals surface area contributed by atoms with Gasteiger partial charge in [0.25, 0.3) is 0 Å². The quantitative estimate of drug-likeness (QED) is 0.869. The van der Waals surface area contributed by atoms with E-state index < -0.39 is 5.54 Å². The van der Waals surface area contributed by atoms with Gasteiger partial charge in [-0.2, -0.15) is 0 Å². The Morgan fingerprint density at radius 2 is 1.88 bits per heavy atom. The summed E-state index contributed by atoms with van der Waals surface area (Å²) in [6.07, 6.45) is 0. The van der Waals surface area contributed by atoms with Crippen LogP contribution in [0.2, 0.25) is 0 Å². The Balaban J connectivity index is 2.75. The van der Waals surface area contributed by atoms with Crippen LogP contribution < -0.4 is 5.32 Å². The number of nitrogens with one attached hydrogen (secondary N) is 1. The van der Waals surface area contributed by atoms with E-state index in [1.54, 1.807) is 0 Å². The second-order valence-electron chi connectivity index (χ2n) is 4.53. The summed E-state index contributed by atoms with van der Waals surface area (Å²) in [6.45, 7) is 5.65. The molecule has 0 aliphatic carbocycles. The highest BCUT2D eigenvalue weighted by atomic mass is 79.9. The van der Waals surface area contributed by atoms with Gasteiger partial charge in [-0.25, -0.2) is 0 Å². The lowest BCUT2D eigenvalue weighted by Crippen LogP contribution is -2.48. The second-order valence-corrected chi connectivity index (χ2v) is 5.45. The van der Waals surface area contributed by atoms with E-state index in [1.165, 1.54) is 7.11 Å². The summed E-state index contributed by atoms with van der Waals surface area (Å²) < 4.78 is 5.80. The van der Waals surface area contributed by atoms with Crippen LogP contribution >= 0.6 is 15.9 Å². The molecule has 1 aromatic carbocycles. The molecule has 0 heterocycles. The van der Waals surface area contributed by atoms with E-state index in [0.717, 1.165) is 10.0 Å². The highest BCUT2D eigenvalue weighted by molar-refractivity contribution is 9.10. The molecule has 0 saturated carbocycles. The summed E-state index contributed by atoms with van der Waals surface area (Å²) in [5.41, 5.74) is 0.437. The maximum Gasteiger partial charge on any atom is 0.325 e. The van der Waals surface area contributed by atoms with Gasteiger partial charge in [0.05, 0.1) is 7.11 Å². The summed E-state index contributed by atoms with van der Waals surface area (Å²) in [5, 5.41) is 3.25. The van der Waals surface area contributed by atoms with Crippen LogP contribution in [0, 0.1) is 0 Å². The van der Waals surface area contributed by atoms with Crippen molar-refractivity contribution >= 4 is 21.9 Å². The number of esters is 1. The fourth-order valence-corrected chi connectivity index (χ4v) is 1.95. The van der Waals surface area contributed by atoms with E-state index in [-0.39, 0.29) is 12.0 Å². The topological polar surface area (TPSA) is 38.3 Å². The molecule has 0 aliphatic rings. The van der Waals surface area contributed by atoms with Crippen LogP contribution in [0.1, 0.15) is 32.4 Å². The van der Waals surface area contributed by atoms with Crippen molar-refractivity contribution in [2.45, 2.75) is 32.4 Å². The minimum Gasteiger partial charge on any atom is -0.468 e. The molecule has 1 rings (SSSR count). The highest BCUT2D eigenvalue weighted by Crippen LogP contribution is 2.19. The monoisotopic (exact) mass is 299 g/mol. The van der Waals surface area contributed by atoms with Gasteiger partial charge in [-0.3, -0.25) is 10.1 Å². The van der Waals surface area contributed by atoms with Crippen molar-refractivity contribution in [2.24, 2.45) is 0 Å². The molecular formula is C13H18BrNO2. The van der Waals surface area contributed by atoms with Gasteiger partial charge in [-0.1, -0.05) is 28.1 Å². The third kappa shape index (κ3) is 3.82. The van der Waals surface area contributed by atoms with Gasteiger partial charge in [-0.05, 0) is 38.5 Å². The van der Waals surface area contributed by atoms with Gasteiger partial charge < -0.3 is 4.74 Å². The van der Waals surface area contributed by atoms with Crippen molar-refractivity contribution in [2.75, 3.05) is 7.11 Å². The Kier molecular flexibility index (Phi) is 4.71. The lowest BCUT2D eigenvalue weighted by Gasteiger charge is -2.27. The van der Waals surface area contributed by atoms with E-state index in [2.05, 4.69) is 21.2 Å². The summed E-state index contributed by atoms with van der Waals surface area (Å²) in [7, 11) is 1.40. The van der Waals surface area contributed by atoms with Gasteiger partial charge in [-0.15, -0.1) is 0 Å². The van der Waals surface area contributed by atoms with Gasteiger partial charge in [0.1, 0.15) is 5.54 Å². The van der Waals surface area contributed by atoms with E-state index in [9.17, 15) is 4.79 Å². The molecule has 3 nitrogen and oxygen atoms in total. The minimum absolute atomic E-state index is 0.0807. The van der Waals surface area contributed by atoms with Crippen LogP contribution in [0.25, 0.3) is 0 Å². The SMILES string of the molecule is COC(=O)C(C)(C)NC(C)c1ccc(Br)cc1. The first-order valence-corrected chi connectivity index (χ1v) is 6.27. The molecule has 0 fully saturated rings. The van der Waals surface area contributed by atoms with Crippen LogP contribution in [0.5, 0.6) is 0 Å². The molecule has 0 saturated heterocycles. The molecule has 94 valence electrons. The first kappa shape index (κ1) is 14.2. The first-order valence-electron chi connectivity index (χ1n) is 5.48. The average Bonchev–Trinajstić information content (AvgIpc) is 2.28. The summed E-state index contributed by atoms with van der Waals surface area (Å²) >= 11 is 3.40. The number of hydrogen-bond acceptors (Lipinski definition) is 3. The highest BCUT2D eigenvalue weighted by Gasteiger charge is 2.30.